The zero-order valence-electron chi connectivity index (χ0n) is 11.6. The van der Waals surface area contributed by atoms with Gasteiger partial charge in [-0.1, -0.05) is 0 Å². The molecule has 1 amide bonds. The number of anilines is 1. The van der Waals surface area contributed by atoms with Crippen molar-refractivity contribution in [2.45, 2.75) is 18.9 Å². The van der Waals surface area contributed by atoms with Gasteiger partial charge >= 0.3 is 0 Å². The first-order chi connectivity index (χ1) is 9.79. The SMILES string of the molecule is COCCNc1ccc(C(=O)NCC2CCCO2)nn1. The average molecular weight is 280 g/mol. The Balaban J connectivity index is 1.77. The van der Waals surface area contributed by atoms with Crippen LogP contribution in [-0.4, -0.2) is 55.6 Å². The van der Waals surface area contributed by atoms with E-state index in [0.717, 1.165) is 19.4 Å². The van der Waals surface area contributed by atoms with E-state index in [2.05, 4.69) is 20.8 Å². The summed E-state index contributed by atoms with van der Waals surface area (Å²) < 4.78 is 10.4. The lowest BCUT2D eigenvalue weighted by Crippen LogP contribution is -2.32. The molecule has 1 fully saturated rings. The van der Waals surface area contributed by atoms with Crippen LogP contribution in [0.3, 0.4) is 0 Å². The van der Waals surface area contributed by atoms with E-state index in [0.29, 0.717) is 31.2 Å². The minimum Gasteiger partial charge on any atom is -0.383 e. The molecule has 1 atom stereocenters. The van der Waals surface area contributed by atoms with Crippen molar-refractivity contribution in [3.8, 4) is 0 Å². The number of carbonyl (C=O) groups is 1. The molecule has 0 radical (unpaired) electrons. The number of rotatable bonds is 7. The van der Waals surface area contributed by atoms with Crippen molar-refractivity contribution in [3.63, 3.8) is 0 Å². The molecule has 0 aliphatic carbocycles. The van der Waals surface area contributed by atoms with Gasteiger partial charge < -0.3 is 20.1 Å². The number of hydrogen-bond donors (Lipinski definition) is 2. The Bertz CT molecular complexity index is 418. The second kappa shape index (κ2) is 7.76. The highest BCUT2D eigenvalue weighted by atomic mass is 16.5. The average Bonchev–Trinajstić information content (AvgIpc) is 2.99. The zero-order valence-corrected chi connectivity index (χ0v) is 11.6. The van der Waals surface area contributed by atoms with E-state index in [1.54, 1.807) is 19.2 Å². The molecule has 20 heavy (non-hydrogen) atoms. The number of nitrogens with one attached hydrogen (secondary N) is 2. The van der Waals surface area contributed by atoms with Crippen LogP contribution in [0.15, 0.2) is 12.1 Å². The van der Waals surface area contributed by atoms with Gasteiger partial charge in [0.05, 0.1) is 12.7 Å². The van der Waals surface area contributed by atoms with Crippen molar-refractivity contribution < 1.29 is 14.3 Å². The Morgan fingerprint density at radius 3 is 3.05 bits per heavy atom. The standard InChI is InChI=1S/C13H20N4O3/c1-19-8-6-14-12-5-4-11(16-17-12)13(18)15-9-10-3-2-7-20-10/h4-5,10H,2-3,6-9H2,1H3,(H,14,17)(H,15,18). The predicted molar refractivity (Wildman–Crippen MR) is 73.7 cm³/mol. The van der Waals surface area contributed by atoms with Gasteiger partial charge in [0.25, 0.3) is 5.91 Å². The van der Waals surface area contributed by atoms with E-state index in [1.165, 1.54) is 0 Å². The van der Waals surface area contributed by atoms with Gasteiger partial charge in [0, 0.05) is 26.8 Å². The first kappa shape index (κ1) is 14.7. The topological polar surface area (TPSA) is 85.4 Å². The van der Waals surface area contributed by atoms with Gasteiger partial charge in [0.2, 0.25) is 0 Å². The van der Waals surface area contributed by atoms with Crippen LogP contribution in [-0.2, 0) is 9.47 Å². The smallest absolute Gasteiger partial charge is 0.271 e. The van der Waals surface area contributed by atoms with Crippen molar-refractivity contribution in [1.29, 1.82) is 0 Å². The maximum Gasteiger partial charge on any atom is 0.271 e. The quantitative estimate of drug-likeness (QED) is 0.705. The summed E-state index contributed by atoms with van der Waals surface area (Å²) in [7, 11) is 1.63. The van der Waals surface area contributed by atoms with Gasteiger partial charge in [-0.2, -0.15) is 0 Å². The molecule has 0 saturated carbocycles. The Morgan fingerprint density at radius 2 is 2.40 bits per heavy atom. The number of hydrogen-bond acceptors (Lipinski definition) is 6. The van der Waals surface area contributed by atoms with E-state index in [-0.39, 0.29) is 12.0 Å². The van der Waals surface area contributed by atoms with E-state index < -0.39 is 0 Å². The van der Waals surface area contributed by atoms with E-state index >= 15 is 0 Å². The first-order valence-electron chi connectivity index (χ1n) is 6.76. The Kier molecular flexibility index (Phi) is 5.69. The number of aromatic nitrogens is 2. The third kappa shape index (κ3) is 4.43. The van der Waals surface area contributed by atoms with Crippen molar-refractivity contribution >= 4 is 11.7 Å². The highest BCUT2D eigenvalue weighted by Gasteiger charge is 2.17. The number of methoxy groups -OCH3 is 1. The van der Waals surface area contributed by atoms with Crippen LogP contribution in [0.25, 0.3) is 0 Å². The fraction of sp³-hybridized carbons (Fsp3) is 0.615. The Hall–Kier alpha value is -1.73. The van der Waals surface area contributed by atoms with Gasteiger partial charge in [-0.15, -0.1) is 10.2 Å². The minimum absolute atomic E-state index is 0.127. The van der Waals surface area contributed by atoms with Crippen molar-refractivity contribution in [2.24, 2.45) is 0 Å². The van der Waals surface area contributed by atoms with Crippen molar-refractivity contribution in [2.75, 3.05) is 38.7 Å². The van der Waals surface area contributed by atoms with Crippen molar-refractivity contribution in [1.82, 2.24) is 15.5 Å². The molecule has 1 aliphatic heterocycles. The molecular weight excluding hydrogens is 260 g/mol. The highest BCUT2D eigenvalue weighted by molar-refractivity contribution is 5.92. The lowest BCUT2D eigenvalue weighted by Gasteiger charge is -2.10. The molecule has 2 rings (SSSR count). The zero-order chi connectivity index (χ0) is 14.2. The van der Waals surface area contributed by atoms with Gasteiger partial charge in [0.15, 0.2) is 5.69 Å². The molecule has 1 aromatic rings. The molecule has 7 heteroatoms. The number of carbonyl (C=O) groups excluding carboxylic acids is 1. The molecular formula is C13H20N4O3. The van der Waals surface area contributed by atoms with Crippen LogP contribution in [0.1, 0.15) is 23.3 Å². The van der Waals surface area contributed by atoms with Crippen LogP contribution in [0.4, 0.5) is 5.82 Å². The van der Waals surface area contributed by atoms with Gasteiger partial charge in [0.1, 0.15) is 5.82 Å². The predicted octanol–water partition coefficient (Wildman–Crippen LogP) is 0.444. The Morgan fingerprint density at radius 1 is 1.50 bits per heavy atom. The number of ether oxygens (including phenoxy) is 2. The van der Waals surface area contributed by atoms with Gasteiger partial charge in [-0.05, 0) is 25.0 Å². The summed E-state index contributed by atoms with van der Waals surface area (Å²) in [4.78, 5) is 11.9. The molecule has 0 bridgehead atoms. The molecule has 0 aromatic carbocycles. The lowest BCUT2D eigenvalue weighted by atomic mass is 10.2. The van der Waals surface area contributed by atoms with Crippen LogP contribution >= 0.6 is 0 Å². The normalized spacial score (nSPS) is 17.9. The van der Waals surface area contributed by atoms with Crippen LogP contribution in [0, 0.1) is 0 Å². The Labute approximate surface area is 118 Å². The third-order valence-electron chi connectivity index (χ3n) is 3.02. The molecule has 7 nitrogen and oxygen atoms in total. The van der Waals surface area contributed by atoms with Crippen LogP contribution < -0.4 is 10.6 Å². The lowest BCUT2D eigenvalue weighted by molar-refractivity contribution is 0.0853. The largest absolute Gasteiger partial charge is 0.383 e. The van der Waals surface area contributed by atoms with Crippen LogP contribution in [0.2, 0.25) is 0 Å². The van der Waals surface area contributed by atoms with E-state index in [9.17, 15) is 4.79 Å². The number of nitrogens with zero attached hydrogens (tertiary/aromatic N) is 2. The van der Waals surface area contributed by atoms with E-state index in [1.807, 2.05) is 0 Å². The monoisotopic (exact) mass is 280 g/mol. The third-order valence-corrected chi connectivity index (χ3v) is 3.02. The molecule has 1 aliphatic rings. The second-order valence-corrected chi connectivity index (χ2v) is 4.57. The summed E-state index contributed by atoms with van der Waals surface area (Å²) in [5.74, 6) is 0.397. The molecule has 1 aromatic heterocycles. The molecule has 110 valence electrons. The number of amides is 1. The van der Waals surface area contributed by atoms with E-state index in [4.69, 9.17) is 9.47 Å². The maximum atomic E-state index is 11.9. The molecule has 0 spiro atoms. The first-order valence-corrected chi connectivity index (χ1v) is 6.76. The maximum absolute atomic E-state index is 11.9. The molecule has 2 heterocycles. The summed E-state index contributed by atoms with van der Waals surface area (Å²) in [6, 6.07) is 3.37. The molecule has 1 unspecified atom stereocenters. The molecule has 1 saturated heterocycles. The fourth-order valence-corrected chi connectivity index (χ4v) is 1.93. The van der Waals surface area contributed by atoms with Crippen LogP contribution in [0.5, 0.6) is 0 Å². The summed E-state index contributed by atoms with van der Waals surface area (Å²) in [6.07, 6.45) is 2.18. The van der Waals surface area contributed by atoms with Crippen molar-refractivity contribution in [3.05, 3.63) is 17.8 Å². The fourth-order valence-electron chi connectivity index (χ4n) is 1.93. The van der Waals surface area contributed by atoms with Gasteiger partial charge in [-0.3, -0.25) is 4.79 Å². The summed E-state index contributed by atoms with van der Waals surface area (Å²) in [5, 5.41) is 13.7. The summed E-state index contributed by atoms with van der Waals surface area (Å²) in [6.45, 7) is 2.54. The minimum atomic E-state index is -0.226. The summed E-state index contributed by atoms with van der Waals surface area (Å²) >= 11 is 0. The highest BCUT2D eigenvalue weighted by Crippen LogP contribution is 2.10. The second-order valence-electron chi connectivity index (χ2n) is 4.57. The summed E-state index contributed by atoms with van der Waals surface area (Å²) in [5.41, 5.74) is 0.306. The molecule has 2 N–H and O–H groups in total. The van der Waals surface area contributed by atoms with Gasteiger partial charge in [-0.25, -0.2) is 0 Å².